The number of aliphatic imine (C=N–C) groups is 5. The Balaban J connectivity index is 0.000000129. The van der Waals surface area contributed by atoms with Crippen LogP contribution in [-0.2, 0) is 32.1 Å². The minimum Gasteiger partial charge on any atom is -0.497 e. The van der Waals surface area contributed by atoms with Crippen LogP contribution in [0.15, 0.2) is 328 Å². The number of nitrogens with one attached hydrogen (secondary N) is 5. The van der Waals surface area contributed by atoms with E-state index in [-0.39, 0.29) is 5.82 Å². The fourth-order valence-corrected chi connectivity index (χ4v) is 18.3. The number of nitrogens with zero attached hydrogens (tertiary/aromatic N) is 15. The minimum atomic E-state index is -0.292. The number of rotatable bonds is 28. The summed E-state index contributed by atoms with van der Waals surface area (Å²) in [5, 5.41) is 23.1. The van der Waals surface area contributed by atoms with E-state index in [4.69, 9.17) is 142 Å². The first-order valence-electron chi connectivity index (χ1n) is 44.5. The van der Waals surface area contributed by atoms with Crippen LogP contribution in [0.1, 0.15) is 88.4 Å². The molecule has 5 aliphatic rings. The van der Waals surface area contributed by atoms with Crippen molar-refractivity contribution < 1.29 is 18.6 Å². The van der Waals surface area contributed by atoms with E-state index >= 15 is 0 Å². The molecule has 10 aromatic carbocycles. The average molecular weight is 2200 g/mol. The molecular weight excluding hydrogens is 2110 g/mol. The van der Waals surface area contributed by atoms with E-state index in [1.807, 2.05) is 237 Å². The first-order chi connectivity index (χ1) is 69.9. The second-order valence-corrected chi connectivity index (χ2v) is 37.8. The third-order valence-corrected chi connectivity index (χ3v) is 26.6. The molecule has 0 fully saturated rings. The minimum absolute atomic E-state index is 0.292. The first kappa shape index (κ1) is 104. The van der Waals surface area contributed by atoms with Gasteiger partial charge in [-0.3, -0.25) is 25.0 Å². The third kappa shape index (κ3) is 28.8. The van der Waals surface area contributed by atoms with Crippen molar-refractivity contribution in [1.29, 1.82) is 0 Å². The first-order valence-corrected chi connectivity index (χ1v) is 49.4. The molecule has 5 aliphatic heterocycles. The fourth-order valence-electron chi connectivity index (χ4n) is 15.1. The van der Waals surface area contributed by atoms with Gasteiger partial charge in [-0.1, -0.05) is 186 Å². The standard InChI is InChI=1S/C23H20Cl2N4O2.C22H18Cl2N4O.C21H15BrCl2N4.C21H15Cl3N4.C21H15Cl2FN4/c1-30-17-9-16(10-18(12-17)31-2)28-23-26-7-6-22(29-23)14-8-15(27-13-14)11-19-20(24)4-3-5-21(19)25;1-29-17-5-2-4-15(11-17)27-22-25-9-8-21(28-22)14-10-16(26-13-14)12-18-19(23)6-3-7-20(18)24;22-14-3-1-4-15(10-14)27-21-25-8-7-20(28-21)13-9-16(26-12-13)11-17-18(23)5-2-6-19(17)24;22-14-4-6-15(7-5-14)27-21-25-9-8-20(28-21)13-10-16(26-12-13)11-17-18(23)2-1-3-19(17)24;22-18-2-1-3-19(23)17(18)11-16-10-13(12-26-16)20-8-9-25-21(28-20)27-15-6-4-14(24)5-7-15/h3-7,9-10,12-13H,8,11H2,1-2H3,(H,26,28,29);2-9,11,13H,10,12H2,1H3,(H,25,27,28);1-8,10,12H,9,11H2,(H,25,27,28);2*1-9,12H,10-11H2,(H,25,27,28). The Bertz CT molecular complexity index is 7300. The number of hydrogen-bond acceptors (Lipinski definition) is 23. The highest BCUT2D eigenvalue weighted by molar-refractivity contribution is 9.10. The predicted octanol–water partition coefficient (Wildman–Crippen LogP) is 31.4. The Morgan fingerprint density at radius 1 is 0.264 bits per heavy atom. The molecule has 10 heterocycles. The van der Waals surface area contributed by atoms with Gasteiger partial charge in [0.15, 0.2) is 0 Å². The molecule has 20 rings (SSSR count). The lowest BCUT2D eigenvalue weighted by atomic mass is 10.0. The van der Waals surface area contributed by atoms with Gasteiger partial charge < -0.3 is 40.8 Å². The second kappa shape index (κ2) is 50.2. The molecular formula is C108H83BrCl11FN20O3. The molecule has 0 unspecified atom stereocenters. The van der Waals surface area contributed by atoms with E-state index in [2.05, 4.69) is 117 Å². The maximum absolute atomic E-state index is 13.0. The summed E-state index contributed by atoms with van der Waals surface area (Å²) >= 11 is 72.2. The van der Waals surface area contributed by atoms with Gasteiger partial charge in [0.1, 0.15) is 23.1 Å². The van der Waals surface area contributed by atoms with Gasteiger partial charge in [0, 0.05) is 295 Å². The summed E-state index contributed by atoms with van der Waals surface area (Å²) in [7, 11) is 4.85. The van der Waals surface area contributed by atoms with Crippen LogP contribution in [0.25, 0.3) is 27.9 Å². The Kier molecular flexibility index (Phi) is 36.1. The fraction of sp³-hybridized carbons (Fsp3) is 0.120. The molecule has 0 aliphatic carbocycles. The van der Waals surface area contributed by atoms with Crippen LogP contribution in [0.2, 0.25) is 55.2 Å². The van der Waals surface area contributed by atoms with Gasteiger partial charge in [-0.15, -0.1) is 0 Å². The Morgan fingerprint density at radius 2 is 0.507 bits per heavy atom. The third-order valence-electron chi connectivity index (χ3n) is 22.3. The molecule has 0 atom stereocenters. The second-order valence-electron chi connectivity index (χ2n) is 32.3. The van der Waals surface area contributed by atoms with Gasteiger partial charge in [0.2, 0.25) is 29.7 Å². The summed E-state index contributed by atoms with van der Waals surface area (Å²) in [6.07, 6.45) is 24.2. The highest BCUT2D eigenvalue weighted by atomic mass is 79.9. The molecule has 144 heavy (non-hydrogen) atoms. The van der Waals surface area contributed by atoms with Crippen LogP contribution < -0.4 is 40.8 Å². The molecule has 23 nitrogen and oxygen atoms in total. The number of methoxy groups -OCH3 is 3. The summed E-state index contributed by atoms with van der Waals surface area (Å²) in [6, 6.07) is 71.3. The molecule has 724 valence electrons. The van der Waals surface area contributed by atoms with Crippen molar-refractivity contribution in [3.05, 3.63) is 420 Å². The number of hydrogen-bond donors (Lipinski definition) is 5. The molecule has 0 saturated heterocycles. The normalized spacial score (nSPS) is 13.1. The zero-order valence-electron chi connectivity index (χ0n) is 76.7. The Labute approximate surface area is 893 Å². The number of aromatic nitrogens is 10. The molecule has 36 heteroatoms. The van der Waals surface area contributed by atoms with E-state index in [0.29, 0.717) is 166 Å². The summed E-state index contributed by atoms with van der Waals surface area (Å²) in [5.74, 6) is 4.30. The summed E-state index contributed by atoms with van der Waals surface area (Å²) in [5.41, 5.74) is 22.7. The van der Waals surface area contributed by atoms with Crippen molar-refractivity contribution in [3.8, 4) is 17.2 Å². The Hall–Kier alpha value is -13.4. The van der Waals surface area contributed by atoms with E-state index in [9.17, 15) is 4.39 Å². The molecule has 0 radical (unpaired) electrons. The van der Waals surface area contributed by atoms with Gasteiger partial charge in [0.05, 0.1) is 49.8 Å². The van der Waals surface area contributed by atoms with E-state index in [1.54, 1.807) is 70.5 Å². The van der Waals surface area contributed by atoms with Crippen molar-refractivity contribution in [2.75, 3.05) is 47.9 Å². The molecule has 0 saturated carbocycles. The summed E-state index contributed by atoms with van der Waals surface area (Å²) < 4.78 is 29.9. The number of anilines is 10. The molecule has 0 amide bonds. The molecule has 5 aromatic heterocycles. The van der Waals surface area contributed by atoms with Crippen molar-refractivity contribution in [3.63, 3.8) is 0 Å². The maximum atomic E-state index is 13.0. The van der Waals surface area contributed by atoms with Gasteiger partial charge >= 0.3 is 0 Å². The van der Waals surface area contributed by atoms with Crippen molar-refractivity contribution >= 4 is 258 Å². The molecule has 0 bridgehead atoms. The quantitative estimate of drug-likeness (QED) is 0.0305. The van der Waals surface area contributed by atoms with E-state index in [1.165, 1.54) is 12.1 Å². The van der Waals surface area contributed by atoms with Crippen LogP contribution in [0.3, 0.4) is 0 Å². The highest BCUT2D eigenvalue weighted by Crippen LogP contribution is 2.39. The largest absolute Gasteiger partial charge is 0.497 e. The SMILES string of the molecule is COc1cc(Nc2nccc(C3=CN=C(Cc4c(Cl)cccc4Cl)C3)n2)cc(OC)c1.COc1cccc(Nc2nccc(C3=CN=C(Cc4c(Cl)cccc4Cl)C3)n2)c1.Clc1ccc(Nc2nccc(C3=CN=C(Cc4c(Cl)cccc4Cl)C3)n2)cc1.Clc1cccc(Cl)c1CC1=NC=C(c2ccnc(Nc3cccc(Br)c3)n2)C1.Fc1ccc(Nc2nccc(C3=CN=C(Cc4c(Cl)cccc4Cl)C3)n2)cc1. The number of benzene rings is 10. The lowest BCUT2D eigenvalue weighted by molar-refractivity contribution is 0.395. The average Bonchev–Trinajstić information content (AvgIpc) is 1.60. The molecule has 15 aromatic rings. The lowest BCUT2D eigenvalue weighted by Crippen LogP contribution is -2.04. The zero-order valence-corrected chi connectivity index (χ0v) is 86.6. The van der Waals surface area contributed by atoms with Crippen LogP contribution in [0, 0.1) is 5.82 Å². The molecule has 0 spiro atoms. The van der Waals surface area contributed by atoms with E-state index < -0.39 is 0 Å². The number of ether oxygens (including phenoxy) is 3. The monoisotopic (exact) mass is 2190 g/mol. The van der Waals surface area contributed by atoms with Gasteiger partial charge in [-0.2, -0.15) is 0 Å². The summed E-state index contributed by atoms with van der Waals surface area (Å²) in [4.78, 5) is 67.2. The predicted molar refractivity (Wildman–Crippen MR) is 592 cm³/mol. The van der Waals surface area contributed by atoms with Crippen molar-refractivity contribution in [1.82, 2.24) is 49.8 Å². The molecule has 5 N–H and O–H groups in total. The number of allylic oxidation sites excluding steroid dienone is 5. The van der Waals surface area contributed by atoms with Crippen LogP contribution in [0.4, 0.5) is 62.6 Å². The van der Waals surface area contributed by atoms with E-state index in [0.717, 1.165) is 146 Å². The van der Waals surface area contributed by atoms with Gasteiger partial charge in [-0.05, 0) is 198 Å². The zero-order chi connectivity index (χ0) is 101. The van der Waals surface area contributed by atoms with Crippen molar-refractivity contribution in [2.24, 2.45) is 25.0 Å². The maximum Gasteiger partial charge on any atom is 0.227 e. The van der Waals surface area contributed by atoms with Gasteiger partial charge in [-0.25, -0.2) is 54.2 Å². The summed E-state index contributed by atoms with van der Waals surface area (Å²) in [6.45, 7) is 0. The van der Waals surface area contributed by atoms with Crippen molar-refractivity contribution in [2.45, 2.75) is 64.2 Å². The highest BCUT2D eigenvalue weighted by Gasteiger charge is 2.25. The number of halogens is 13. The Morgan fingerprint density at radius 3 is 0.785 bits per heavy atom. The van der Waals surface area contributed by atoms with Gasteiger partial charge in [0.25, 0.3) is 0 Å². The topological polar surface area (TPSA) is 279 Å². The smallest absolute Gasteiger partial charge is 0.227 e. The van der Waals surface area contributed by atoms with Crippen LogP contribution in [0.5, 0.6) is 17.2 Å². The van der Waals surface area contributed by atoms with Crippen LogP contribution in [-0.4, -0.2) is 99.7 Å². The van der Waals surface area contributed by atoms with Crippen LogP contribution >= 0.6 is 144 Å². The lowest BCUT2D eigenvalue weighted by Gasteiger charge is -2.11.